The fourth-order valence-electron chi connectivity index (χ4n) is 3.40. The van der Waals surface area contributed by atoms with E-state index in [9.17, 15) is 9.18 Å². The van der Waals surface area contributed by atoms with Crippen LogP contribution in [0.2, 0.25) is 0 Å². The van der Waals surface area contributed by atoms with Crippen LogP contribution in [0.25, 0.3) is 0 Å². The van der Waals surface area contributed by atoms with E-state index in [4.69, 9.17) is 4.74 Å². The Morgan fingerprint density at radius 2 is 2.00 bits per heavy atom. The van der Waals surface area contributed by atoms with Crippen molar-refractivity contribution in [2.24, 2.45) is 11.0 Å². The number of anilines is 1. The Bertz CT molecular complexity index is 830. The molecule has 2 aromatic carbocycles. The minimum absolute atomic E-state index is 0.0540. The Balaban J connectivity index is 1.80. The smallest absolute Gasteiger partial charge is 0.248 e. The van der Waals surface area contributed by atoms with Crippen LogP contribution in [0.5, 0.6) is 5.75 Å². The van der Waals surface area contributed by atoms with Crippen LogP contribution in [-0.4, -0.2) is 18.7 Å². The molecule has 4 rings (SSSR count). The number of hydrazone groups is 1. The standard InChI is InChI=1S/C19H17FN2O2/c1-24-16-9-4-12-2-3-13-10-18(23)22(21-19(13)17(12)11-16)15-7-5-14(20)6-8-15/h4-9,11,13H,2-3,10H2,1H3. The summed E-state index contributed by atoms with van der Waals surface area (Å²) in [5, 5.41) is 6.01. The predicted molar refractivity (Wildman–Crippen MR) is 89.8 cm³/mol. The van der Waals surface area contributed by atoms with Crippen LogP contribution >= 0.6 is 0 Å². The molecule has 0 spiro atoms. The van der Waals surface area contributed by atoms with E-state index in [-0.39, 0.29) is 17.6 Å². The molecule has 4 nitrogen and oxygen atoms in total. The highest BCUT2D eigenvalue weighted by Crippen LogP contribution is 2.35. The van der Waals surface area contributed by atoms with Crippen molar-refractivity contribution < 1.29 is 13.9 Å². The zero-order chi connectivity index (χ0) is 16.7. The average molecular weight is 324 g/mol. The van der Waals surface area contributed by atoms with E-state index in [1.165, 1.54) is 22.7 Å². The van der Waals surface area contributed by atoms with Crippen molar-refractivity contribution in [3.8, 4) is 5.75 Å². The van der Waals surface area contributed by atoms with Gasteiger partial charge in [0.2, 0.25) is 5.91 Å². The molecule has 1 unspecified atom stereocenters. The van der Waals surface area contributed by atoms with E-state index < -0.39 is 0 Å². The Hall–Kier alpha value is -2.69. The third-order valence-electron chi connectivity index (χ3n) is 4.68. The fourth-order valence-corrected chi connectivity index (χ4v) is 3.40. The van der Waals surface area contributed by atoms with Gasteiger partial charge in [-0.3, -0.25) is 4.79 Å². The van der Waals surface area contributed by atoms with E-state index >= 15 is 0 Å². The SMILES string of the molecule is COc1ccc2c(c1)C1=NN(c3ccc(F)cc3)C(=O)CC1CC2. The highest BCUT2D eigenvalue weighted by molar-refractivity contribution is 6.11. The number of fused-ring (bicyclic) bond motifs is 3. The van der Waals surface area contributed by atoms with E-state index in [0.717, 1.165) is 29.9 Å². The summed E-state index contributed by atoms with van der Waals surface area (Å²) in [7, 11) is 1.64. The monoisotopic (exact) mass is 324 g/mol. The molecule has 5 heteroatoms. The van der Waals surface area contributed by atoms with Crippen LogP contribution < -0.4 is 9.75 Å². The van der Waals surface area contributed by atoms with Gasteiger partial charge >= 0.3 is 0 Å². The molecule has 0 saturated carbocycles. The van der Waals surface area contributed by atoms with E-state index in [1.807, 2.05) is 12.1 Å². The van der Waals surface area contributed by atoms with Gasteiger partial charge in [-0.05, 0) is 54.8 Å². The maximum Gasteiger partial charge on any atom is 0.248 e. The van der Waals surface area contributed by atoms with Gasteiger partial charge < -0.3 is 4.74 Å². The summed E-state index contributed by atoms with van der Waals surface area (Å²) in [4.78, 5) is 12.5. The molecule has 0 N–H and O–H groups in total. The number of rotatable bonds is 2. The van der Waals surface area contributed by atoms with Crippen molar-refractivity contribution in [3.05, 3.63) is 59.4 Å². The largest absolute Gasteiger partial charge is 0.497 e. The predicted octanol–water partition coefficient (Wildman–Crippen LogP) is 3.54. The number of carbonyl (C=O) groups excluding carboxylic acids is 1. The molecule has 1 aliphatic carbocycles. The molecule has 1 atom stereocenters. The van der Waals surface area contributed by atoms with Crippen molar-refractivity contribution in [1.82, 2.24) is 0 Å². The number of carbonyl (C=O) groups is 1. The van der Waals surface area contributed by atoms with Gasteiger partial charge in [-0.2, -0.15) is 5.10 Å². The first kappa shape index (κ1) is 14.9. The van der Waals surface area contributed by atoms with Crippen molar-refractivity contribution in [3.63, 3.8) is 0 Å². The minimum atomic E-state index is -0.332. The Kier molecular flexibility index (Phi) is 3.56. The molecule has 1 aliphatic heterocycles. The van der Waals surface area contributed by atoms with Gasteiger partial charge in [-0.1, -0.05) is 6.07 Å². The van der Waals surface area contributed by atoms with Gasteiger partial charge in [-0.25, -0.2) is 9.40 Å². The summed E-state index contributed by atoms with van der Waals surface area (Å²) < 4.78 is 18.5. The molecular formula is C19H17FN2O2. The Morgan fingerprint density at radius 1 is 1.21 bits per heavy atom. The van der Waals surface area contributed by atoms with E-state index in [1.54, 1.807) is 19.2 Å². The zero-order valence-electron chi connectivity index (χ0n) is 13.3. The molecule has 122 valence electrons. The fraction of sp³-hybridized carbons (Fsp3) is 0.263. The van der Waals surface area contributed by atoms with Crippen LogP contribution in [0.15, 0.2) is 47.6 Å². The second kappa shape index (κ2) is 5.74. The third kappa shape index (κ3) is 2.46. The Labute approximate surface area is 139 Å². The molecule has 0 saturated heterocycles. The number of halogens is 1. The van der Waals surface area contributed by atoms with Crippen molar-refractivity contribution >= 4 is 17.3 Å². The molecule has 2 aromatic rings. The number of benzene rings is 2. The second-order valence-corrected chi connectivity index (χ2v) is 6.13. The van der Waals surface area contributed by atoms with E-state index in [2.05, 4.69) is 11.2 Å². The summed E-state index contributed by atoms with van der Waals surface area (Å²) in [5.41, 5.74) is 3.77. The minimum Gasteiger partial charge on any atom is -0.497 e. The lowest BCUT2D eigenvalue weighted by molar-refractivity contribution is -0.119. The number of methoxy groups -OCH3 is 1. The first-order chi connectivity index (χ1) is 11.7. The number of ether oxygens (including phenoxy) is 1. The van der Waals surface area contributed by atoms with Crippen LogP contribution in [0.1, 0.15) is 24.0 Å². The summed E-state index contributed by atoms with van der Waals surface area (Å²) in [5.74, 6) is 0.527. The van der Waals surface area contributed by atoms with Gasteiger partial charge in [-0.15, -0.1) is 0 Å². The summed E-state index contributed by atoms with van der Waals surface area (Å²) >= 11 is 0. The summed E-state index contributed by atoms with van der Waals surface area (Å²) in [6.45, 7) is 0. The lowest BCUT2D eigenvalue weighted by atomic mass is 9.79. The summed E-state index contributed by atoms with van der Waals surface area (Å²) in [6.07, 6.45) is 2.28. The Morgan fingerprint density at radius 3 is 2.75 bits per heavy atom. The number of hydrogen-bond acceptors (Lipinski definition) is 3. The van der Waals surface area contributed by atoms with E-state index in [0.29, 0.717) is 12.1 Å². The highest BCUT2D eigenvalue weighted by atomic mass is 19.1. The topological polar surface area (TPSA) is 41.9 Å². The van der Waals surface area contributed by atoms with Crippen LogP contribution in [0, 0.1) is 11.7 Å². The quantitative estimate of drug-likeness (QED) is 0.848. The van der Waals surface area contributed by atoms with Crippen LogP contribution in [-0.2, 0) is 11.2 Å². The molecule has 0 bridgehead atoms. The molecule has 1 heterocycles. The molecule has 0 aromatic heterocycles. The first-order valence-electron chi connectivity index (χ1n) is 8.00. The van der Waals surface area contributed by atoms with Gasteiger partial charge in [0.15, 0.2) is 0 Å². The highest BCUT2D eigenvalue weighted by Gasteiger charge is 2.34. The number of amides is 1. The van der Waals surface area contributed by atoms with Crippen molar-refractivity contribution in [2.45, 2.75) is 19.3 Å². The molecule has 2 aliphatic rings. The van der Waals surface area contributed by atoms with Crippen molar-refractivity contribution in [1.29, 1.82) is 0 Å². The third-order valence-corrected chi connectivity index (χ3v) is 4.68. The second-order valence-electron chi connectivity index (χ2n) is 6.13. The maximum atomic E-state index is 13.1. The lowest BCUT2D eigenvalue weighted by Gasteiger charge is -2.33. The normalized spacial score (nSPS) is 19.4. The average Bonchev–Trinajstić information content (AvgIpc) is 2.61. The van der Waals surface area contributed by atoms with Gasteiger partial charge in [0, 0.05) is 17.9 Å². The van der Waals surface area contributed by atoms with Gasteiger partial charge in [0.1, 0.15) is 11.6 Å². The van der Waals surface area contributed by atoms with Gasteiger partial charge in [0.25, 0.3) is 0 Å². The molecular weight excluding hydrogens is 307 g/mol. The lowest BCUT2D eigenvalue weighted by Crippen LogP contribution is -2.39. The van der Waals surface area contributed by atoms with Crippen LogP contribution in [0.3, 0.4) is 0 Å². The number of hydrogen-bond donors (Lipinski definition) is 0. The molecule has 0 fully saturated rings. The molecule has 0 radical (unpaired) electrons. The van der Waals surface area contributed by atoms with Crippen molar-refractivity contribution in [2.75, 3.05) is 12.1 Å². The molecule has 24 heavy (non-hydrogen) atoms. The number of nitrogens with zero attached hydrogens (tertiary/aromatic N) is 2. The molecule has 1 amide bonds. The summed E-state index contributed by atoms with van der Waals surface area (Å²) in [6, 6.07) is 11.8. The first-order valence-corrected chi connectivity index (χ1v) is 8.00. The zero-order valence-corrected chi connectivity index (χ0v) is 13.3. The maximum absolute atomic E-state index is 13.1. The van der Waals surface area contributed by atoms with Crippen LogP contribution in [0.4, 0.5) is 10.1 Å². The number of aryl methyl sites for hydroxylation is 1. The van der Waals surface area contributed by atoms with Gasteiger partial charge in [0.05, 0.1) is 18.5 Å².